The monoisotopic (exact) mass is 411 g/mol. The summed E-state index contributed by atoms with van der Waals surface area (Å²) in [6.07, 6.45) is 7.35. The predicted octanol–water partition coefficient (Wildman–Crippen LogP) is 3.37. The van der Waals surface area contributed by atoms with Crippen LogP contribution < -0.4 is 5.73 Å². The van der Waals surface area contributed by atoms with Crippen molar-refractivity contribution in [2.24, 2.45) is 5.73 Å². The lowest BCUT2D eigenvalue weighted by atomic mass is 10.0. The van der Waals surface area contributed by atoms with Crippen LogP contribution in [0.1, 0.15) is 27.2 Å². The first-order valence-electron chi connectivity index (χ1n) is 9.11. The van der Waals surface area contributed by atoms with Crippen LogP contribution in [0.5, 0.6) is 0 Å². The van der Waals surface area contributed by atoms with Crippen LogP contribution in [0.4, 0.5) is 4.39 Å². The summed E-state index contributed by atoms with van der Waals surface area (Å²) >= 11 is 0. The van der Waals surface area contributed by atoms with E-state index in [0.29, 0.717) is 27.9 Å². The second-order valence-electron chi connectivity index (χ2n) is 6.67. The molecule has 4 rings (SSSR count). The van der Waals surface area contributed by atoms with Gasteiger partial charge in [0.05, 0.1) is 11.1 Å². The summed E-state index contributed by atoms with van der Waals surface area (Å²) in [5.41, 5.74) is 7.86. The molecule has 0 atom stereocenters. The topological polar surface area (TPSA) is 126 Å². The number of aromatic amines is 1. The number of nitrogens with two attached hydrogens (primary N) is 1. The van der Waals surface area contributed by atoms with Crippen molar-refractivity contribution in [3.63, 3.8) is 0 Å². The van der Waals surface area contributed by atoms with Crippen molar-refractivity contribution in [2.75, 3.05) is 0 Å². The van der Waals surface area contributed by atoms with E-state index < -0.39 is 17.5 Å². The molecule has 3 heterocycles. The van der Waals surface area contributed by atoms with Crippen molar-refractivity contribution >= 4 is 28.8 Å². The van der Waals surface area contributed by atoms with E-state index in [9.17, 15) is 14.0 Å². The van der Waals surface area contributed by atoms with E-state index in [-0.39, 0.29) is 11.3 Å². The minimum absolute atomic E-state index is 0.0481. The molecule has 0 saturated heterocycles. The van der Waals surface area contributed by atoms with Crippen molar-refractivity contribution < 1.29 is 14.0 Å². The molecule has 0 radical (unpaired) electrons. The number of carbonyl (C=O) groups excluding carboxylic acids is 2. The third-order valence-electron chi connectivity index (χ3n) is 4.66. The molecular weight excluding hydrogens is 397 g/mol. The Balaban J connectivity index is 1.68. The number of carbonyl (C=O) groups is 2. The zero-order chi connectivity index (χ0) is 22.0. The zero-order valence-corrected chi connectivity index (χ0v) is 16.0. The average molecular weight is 411 g/mol. The fourth-order valence-corrected chi connectivity index (χ4v) is 3.10. The van der Waals surface area contributed by atoms with Crippen LogP contribution in [0, 0.1) is 17.1 Å². The number of hydrogen-bond donors (Lipinski definition) is 2. The maximum Gasteiger partial charge on any atom is 0.241 e. The molecule has 0 fully saturated rings. The molecule has 0 saturated carbocycles. The normalized spacial score (nSPS) is 11.0. The number of ketones is 1. The number of nitrogens with zero attached hydrogens (tertiary/aromatic N) is 3. The number of halogens is 1. The third kappa shape index (κ3) is 3.93. The molecule has 1 amide bonds. The van der Waals surface area contributed by atoms with Crippen molar-refractivity contribution in [2.45, 2.75) is 0 Å². The third-order valence-corrected chi connectivity index (χ3v) is 4.66. The number of benzene rings is 1. The van der Waals surface area contributed by atoms with Gasteiger partial charge in [0.25, 0.3) is 0 Å². The van der Waals surface area contributed by atoms with Crippen molar-refractivity contribution in [3.8, 4) is 17.2 Å². The summed E-state index contributed by atoms with van der Waals surface area (Å²) in [5.74, 6) is -1.85. The summed E-state index contributed by atoms with van der Waals surface area (Å²) in [6.45, 7) is 0. The molecule has 0 spiro atoms. The van der Waals surface area contributed by atoms with Crippen LogP contribution in [-0.2, 0) is 4.79 Å². The van der Waals surface area contributed by atoms with Crippen LogP contribution in [0.25, 0.3) is 28.2 Å². The number of nitrogens with one attached hydrogen (secondary N) is 1. The highest BCUT2D eigenvalue weighted by atomic mass is 19.1. The van der Waals surface area contributed by atoms with E-state index in [4.69, 9.17) is 11.0 Å². The molecule has 3 N–H and O–H groups in total. The molecule has 0 aliphatic heterocycles. The number of amides is 1. The molecule has 150 valence electrons. The van der Waals surface area contributed by atoms with E-state index in [0.717, 1.165) is 5.39 Å². The fourth-order valence-electron chi connectivity index (χ4n) is 3.10. The number of H-pyrrole nitrogens is 1. The Morgan fingerprint density at radius 1 is 1.10 bits per heavy atom. The Labute approximate surface area is 175 Å². The first kappa shape index (κ1) is 19.7. The molecule has 0 aliphatic rings. The molecule has 1 aromatic carbocycles. The number of rotatable bonds is 5. The average Bonchev–Trinajstić information content (AvgIpc) is 3.19. The van der Waals surface area contributed by atoms with Gasteiger partial charge in [0.2, 0.25) is 11.7 Å². The first-order valence-corrected chi connectivity index (χ1v) is 9.11. The summed E-state index contributed by atoms with van der Waals surface area (Å²) in [5, 5.41) is 9.56. The second kappa shape index (κ2) is 8.00. The van der Waals surface area contributed by atoms with Crippen LogP contribution in [0.2, 0.25) is 0 Å². The molecule has 0 aliphatic carbocycles. The summed E-state index contributed by atoms with van der Waals surface area (Å²) in [7, 11) is 0. The van der Waals surface area contributed by atoms with E-state index in [2.05, 4.69) is 15.0 Å². The summed E-state index contributed by atoms with van der Waals surface area (Å²) in [6, 6.07) is 10.8. The van der Waals surface area contributed by atoms with E-state index in [1.165, 1.54) is 36.5 Å². The molecule has 4 aromatic rings. The Morgan fingerprint density at radius 3 is 2.61 bits per heavy atom. The Hall–Kier alpha value is -4.64. The quantitative estimate of drug-likeness (QED) is 0.385. The van der Waals surface area contributed by atoms with E-state index >= 15 is 0 Å². The van der Waals surface area contributed by atoms with Gasteiger partial charge in [0.15, 0.2) is 0 Å². The first-order chi connectivity index (χ1) is 15.0. The van der Waals surface area contributed by atoms with Crippen molar-refractivity contribution in [1.82, 2.24) is 15.0 Å². The lowest BCUT2D eigenvalue weighted by molar-refractivity contribution is -0.113. The number of primary amides is 1. The Kier molecular flexibility index (Phi) is 5.08. The lowest BCUT2D eigenvalue weighted by Crippen LogP contribution is -2.06. The molecule has 7 nitrogen and oxygen atoms in total. The summed E-state index contributed by atoms with van der Waals surface area (Å²) < 4.78 is 14.8. The Bertz CT molecular complexity index is 1400. The second-order valence-corrected chi connectivity index (χ2v) is 6.67. The molecule has 3 aromatic heterocycles. The van der Waals surface area contributed by atoms with Crippen LogP contribution in [-0.4, -0.2) is 26.6 Å². The van der Waals surface area contributed by atoms with Gasteiger partial charge in [-0.05, 0) is 42.0 Å². The fraction of sp³-hybridized carbons (Fsp3) is 0. The largest absolute Gasteiger partial charge is 0.366 e. The molecular formula is C23H14FN5O2. The highest BCUT2D eigenvalue weighted by Gasteiger charge is 2.16. The van der Waals surface area contributed by atoms with Gasteiger partial charge < -0.3 is 10.7 Å². The SMILES string of the molecule is N#Cc1ccc(C(=O)c2ccc(-c3cnc4[nH]cc(C=CC(N)=O)c4c3)cc2F)nc1. The van der Waals surface area contributed by atoms with Crippen LogP contribution in [0.3, 0.4) is 0 Å². The molecule has 0 bridgehead atoms. The zero-order valence-electron chi connectivity index (χ0n) is 16.0. The maximum atomic E-state index is 14.8. The van der Waals surface area contributed by atoms with Gasteiger partial charge >= 0.3 is 0 Å². The minimum Gasteiger partial charge on any atom is -0.366 e. The minimum atomic E-state index is -0.698. The van der Waals surface area contributed by atoms with Gasteiger partial charge in [-0.3, -0.25) is 14.6 Å². The van der Waals surface area contributed by atoms with Gasteiger partial charge in [-0.1, -0.05) is 6.07 Å². The lowest BCUT2D eigenvalue weighted by Gasteiger charge is -2.06. The van der Waals surface area contributed by atoms with Crippen molar-refractivity contribution in [3.05, 3.63) is 89.3 Å². The standard InChI is InChI=1S/C23H14FN5O2/c24-19-8-14(2-4-17(19)22(31)20-5-1-13(9-25)10-27-20)16-7-18-15(3-6-21(26)30)11-28-23(18)29-12-16/h1-8,10-12H,(H2,26,30)(H,28,29). The maximum absolute atomic E-state index is 14.8. The van der Waals surface area contributed by atoms with Gasteiger partial charge in [-0.15, -0.1) is 0 Å². The van der Waals surface area contributed by atoms with Gasteiger partial charge in [-0.25, -0.2) is 9.37 Å². The highest BCUT2D eigenvalue weighted by Crippen LogP contribution is 2.27. The molecule has 8 heteroatoms. The number of pyridine rings is 2. The summed E-state index contributed by atoms with van der Waals surface area (Å²) in [4.78, 5) is 34.8. The number of fused-ring (bicyclic) bond motifs is 1. The predicted molar refractivity (Wildman–Crippen MR) is 112 cm³/mol. The van der Waals surface area contributed by atoms with Gasteiger partial charge in [-0.2, -0.15) is 5.26 Å². The Morgan fingerprint density at radius 2 is 1.94 bits per heavy atom. The van der Waals surface area contributed by atoms with E-state index in [1.807, 2.05) is 6.07 Å². The van der Waals surface area contributed by atoms with Gasteiger partial charge in [0.1, 0.15) is 23.2 Å². The van der Waals surface area contributed by atoms with E-state index in [1.54, 1.807) is 30.6 Å². The van der Waals surface area contributed by atoms with Crippen LogP contribution in [0.15, 0.2) is 61.1 Å². The molecule has 0 unspecified atom stereocenters. The van der Waals surface area contributed by atoms with Crippen molar-refractivity contribution in [1.29, 1.82) is 5.26 Å². The van der Waals surface area contributed by atoms with Gasteiger partial charge in [0, 0.05) is 41.2 Å². The van der Waals surface area contributed by atoms with Crippen LogP contribution >= 0.6 is 0 Å². The molecule has 31 heavy (non-hydrogen) atoms. The number of nitriles is 1. The number of hydrogen-bond acceptors (Lipinski definition) is 5. The number of aromatic nitrogens is 3. The smallest absolute Gasteiger partial charge is 0.241 e. The highest BCUT2D eigenvalue weighted by molar-refractivity contribution is 6.08.